The molecule has 0 atom stereocenters. The van der Waals surface area contributed by atoms with Crippen molar-refractivity contribution in [2.24, 2.45) is 0 Å². The van der Waals surface area contributed by atoms with Gasteiger partial charge in [0.1, 0.15) is 4.83 Å². The minimum Gasteiger partial charge on any atom is -0.382 e. The Morgan fingerprint density at radius 2 is 2.32 bits per heavy atom. The predicted octanol–water partition coefficient (Wildman–Crippen LogP) is 1.97. The van der Waals surface area contributed by atoms with E-state index in [0.29, 0.717) is 18.5 Å². The second-order valence-electron chi connectivity index (χ2n) is 4.05. The summed E-state index contributed by atoms with van der Waals surface area (Å²) >= 11 is 1.48. The van der Waals surface area contributed by atoms with Gasteiger partial charge in [0.05, 0.1) is 17.4 Å². The van der Waals surface area contributed by atoms with Crippen molar-refractivity contribution in [3.8, 4) is 0 Å². The van der Waals surface area contributed by atoms with Crippen LogP contribution in [0.15, 0.2) is 47.1 Å². The molecule has 0 aromatic carbocycles. The van der Waals surface area contributed by atoms with Crippen LogP contribution in [0.1, 0.15) is 0 Å². The number of rotatable bonds is 4. The molecule has 0 saturated heterocycles. The Bertz CT molecular complexity index is 735. The Morgan fingerprint density at radius 1 is 1.37 bits per heavy atom. The molecule has 0 aliphatic rings. The highest BCUT2D eigenvalue weighted by Crippen LogP contribution is 2.13. The topological polar surface area (TPSA) is 59.8 Å². The third-order valence-corrected chi connectivity index (χ3v) is 3.61. The molecule has 0 amide bonds. The van der Waals surface area contributed by atoms with Crippen LogP contribution in [0, 0.1) is 0 Å². The fraction of sp³-hybridized carbons (Fsp3) is 0.154. The van der Waals surface area contributed by atoms with E-state index in [1.165, 1.54) is 11.3 Å². The van der Waals surface area contributed by atoms with Crippen molar-refractivity contribution in [3.05, 3.63) is 52.7 Å². The molecular formula is C13H12N4OS. The van der Waals surface area contributed by atoms with Crippen LogP contribution in [0.5, 0.6) is 0 Å². The molecule has 19 heavy (non-hydrogen) atoms. The smallest absolute Gasteiger partial charge is 0.262 e. The summed E-state index contributed by atoms with van der Waals surface area (Å²) in [4.78, 5) is 21.2. The number of anilines is 1. The van der Waals surface area contributed by atoms with E-state index in [1.807, 2.05) is 23.6 Å². The minimum absolute atomic E-state index is 0.0132. The molecule has 0 radical (unpaired) electrons. The summed E-state index contributed by atoms with van der Waals surface area (Å²) in [7, 11) is 0. The quantitative estimate of drug-likeness (QED) is 0.788. The van der Waals surface area contributed by atoms with E-state index >= 15 is 0 Å². The molecule has 96 valence electrons. The highest BCUT2D eigenvalue weighted by molar-refractivity contribution is 7.16. The molecule has 1 N–H and O–H groups in total. The van der Waals surface area contributed by atoms with Crippen LogP contribution in [0.25, 0.3) is 10.2 Å². The third kappa shape index (κ3) is 2.48. The summed E-state index contributed by atoms with van der Waals surface area (Å²) in [5, 5.41) is 5.79. The zero-order valence-corrected chi connectivity index (χ0v) is 10.9. The van der Waals surface area contributed by atoms with E-state index in [4.69, 9.17) is 0 Å². The molecule has 0 fully saturated rings. The lowest BCUT2D eigenvalue weighted by atomic mass is 10.4. The largest absolute Gasteiger partial charge is 0.382 e. The van der Waals surface area contributed by atoms with Crippen LogP contribution in [0.2, 0.25) is 0 Å². The highest BCUT2D eigenvalue weighted by Gasteiger charge is 2.04. The number of fused-ring (bicyclic) bond motifs is 1. The number of hydrogen-bond donors (Lipinski definition) is 1. The van der Waals surface area contributed by atoms with Crippen LogP contribution in [0.3, 0.4) is 0 Å². The van der Waals surface area contributed by atoms with Gasteiger partial charge in [0.2, 0.25) is 0 Å². The first kappa shape index (κ1) is 11.9. The first-order valence-corrected chi connectivity index (χ1v) is 6.79. The van der Waals surface area contributed by atoms with Crippen LogP contribution in [0.4, 0.5) is 5.69 Å². The van der Waals surface area contributed by atoms with Gasteiger partial charge in [-0.3, -0.25) is 14.3 Å². The first-order valence-electron chi connectivity index (χ1n) is 5.91. The van der Waals surface area contributed by atoms with Crippen LogP contribution >= 0.6 is 11.3 Å². The van der Waals surface area contributed by atoms with Crippen LogP contribution in [-0.4, -0.2) is 21.1 Å². The van der Waals surface area contributed by atoms with Crippen LogP contribution in [-0.2, 0) is 6.54 Å². The Hall–Kier alpha value is -2.21. The van der Waals surface area contributed by atoms with Gasteiger partial charge in [-0.15, -0.1) is 11.3 Å². The van der Waals surface area contributed by atoms with Gasteiger partial charge in [-0.2, -0.15) is 0 Å². The Labute approximate surface area is 113 Å². The van der Waals surface area contributed by atoms with E-state index in [9.17, 15) is 4.79 Å². The Morgan fingerprint density at radius 3 is 3.16 bits per heavy atom. The number of aromatic nitrogens is 3. The number of pyridine rings is 1. The summed E-state index contributed by atoms with van der Waals surface area (Å²) in [5.74, 6) is 0. The molecule has 0 saturated carbocycles. The van der Waals surface area contributed by atoms with Crippen molar-refractivity contribution in [1.29, 1.82) is 0 Å². The average Bonchev–Trinajstić information content (AvgIpc) is 2.92. The van der Waals surface area contributed by atoms with Crippen LogP contribution < -0.4 is 10.9 Å². The van der Waals surface area contributed by atoms with E-state index in [0.717, 1.165) is 10.5 Å². The maximum atomic E-state index is 12.1. The minimum atomic E-state index is 0.0132. The molecule has 3 heterocycles. The summed E-state index contributed by atoms with van der Waals surface area (Å²) in [5.41, 5.74) is 0.958. The number of nitrogens with zero attached hydrogens (tertiary/aromatic N) is 3. The average molecular weight is 272 g/mol. The maximum Gasteiger partial charge on any atom is 0.262 e. The van der Waals surface area contributed by atoms with Crippen molar-refractivity contribution in [2.45, 2.75) is 6.54 Å². The molecule has 0 aliphatic heterocycles. The molecule has 0 unspecified atom stereocenters. The lowest BCUT2D eigenvalue weighted by molar-refractivity contribution is 0.690. The van der Waals surface area contributed by atoms with Gasteiger partial charge in [0.25, 0.3) is 5.56 Å². The molecule has 3 aromatic rings. The molecule has 0 bridgehead atoms. The summed E-state index contributed by atoms with van der Waals surface area (Å²) in [6.07, 6.45) is 5.08. The molecule has 6 heteroatoms. The van der Waals surface area contributed by atoms with Gasteiger partial charge in [0, 0.05) is 25.5 Å². The summed E-state index contributed by atoms with van der Waals surface area (Å²) < 4.78 is 1.62. The standard InChI is InChI=1S/C13H12N4OS/c18-13-11-3-7-19-12(11)16-9-17(13)6-5-15-10-2-1-4-14-8-10/h1-4,7-9,15H,5-6H2. The fourth-order valence-electron chi connectivity index (χ4n) is 1.84. The second-order valence-corrected chi connectivity index (χ2v) is 4.95. The molecular weight excluding hydrogens is 260 g/mol. The zero-order chi connectivity index (χ0) is 13.1. The highest BCUT2D eigenvalue weighted by atomic mass is 32.1. The van der Waals surface area contributed by atoms with Crippen molar-refractivity contribution in [1.82, 2.24) is 14.5 Å². The van der Waals surface area contributed by atoms with Crippen molar-refractivity contribution >= 4 is 27.2 Å². The van der Waals surface area contributed by atoms with Gasteiger partial charge in [-0.05, 0) is 23.6 Å². The zero-order valence-electron chi connectivity index (χ0n) is 10.1. The number of thiophene rings is 1. The van der Waals surface area contributed by atoms with Crippen molar-refractivity contribution in [3.63, 3.8) is 0 Å². The number of hydrogen-bond acceptors (Lipinski definition) is 5. The van der Waals surface area contributed by atoms with Gasteiger partial charge in [-0.1, -0.05) is 0 Å². The first-order chi connectivity index (χ1) is 9.34. The molecule has 3 aromatic heterocycles. The van der Waals surface area contributed by atoms with Gasteiger partial charge < -0.3 is 5.32 Å². The normalized spacial score (nSPS) is 10.7. The van der Waals surface area contributed by atoms with Gasteiger partial charge in [0.15, 0.2) is 0 Å². The SMILES string of the molecule is O=c1c2ccsc2ncn1CCNc1cccnc1. The lowest BCUT2D eigenvalue weighted by Gasteiger charge is -2.07. The third-order valence-electron chi connectivity index (χ3n) is 2.79. The van der Waals surface area contributed by atoms with E-state index < -0.39 is 0 Å². The Kier molecular flexibility index (Phi) is 3.24. The summed E-state index contributed by atoms with van der Waals surface area (Å²) in [6.45, 7) is 1.23. The van der Waals surface area contributed by atoms with Crippen molar-refractivity contribution < 1.29 is 0 Å². The lowest BCUT2D eigenvalue weighted by Crippen LogP contribution is -2.23. The fourth-order valence-corrected chi connectivity index (χ4v) is 2.56. The van der Waals surface area contributed by atoms with Gasteiger partial charge in [-0.25, -0.2) is 4.98 Å². The van der Waals surface area contributed by atoms with Crippen molar-refractivity contribution in [2.75, 3.05) is 11.9 Å². The van der Waals surface area contributed by atoms with E-state index in [2.05, 4.69) is 15.3 Å². The monoisotopic (exact) mass is 272 g/mol. The predicted molar refractivity (Wildman–Crippen MR) is 76.6 cm³/mol. The van der Waals surface area contributed by atoms with E-state index in [-0.39, 0.29) is 5.56 Å². The molecule has 0 aliphatic carbocycles. The number of nitrogens with one attached hydrogen (secondary N) is 1. The van der Waals surface area contributed by atoms with E-state index in [1.54, 1.807) is 23.3 Å². The summed E-state index contributed by atoms with van der Waals surface area (Å²) in [6, 6.07) is 5.63. The second kappa shape index (κ2) is 5.19. The molecule has 0 spiro atoms. The molecule has 5 nitrogen and oxygen atoms in total. The maximum absolute atomic E-state index is 12.1. The Balaban J connectivity index is 1.72. The molecule has 3 rings (SSSR count). The van der Waals surface area contributed by atoms with Gasteiger partial charge >= 0.3 is 0 Å².